The van der Waals surface area contributed by atoms with Gasteiger partial charge in [-0.15, -0.1) is 11.3 Å². The molecule has 2 heterocycles. The molecule has 1 saturated carbocycles. The molecule has 1 aromatic heterocycles. The van der Waals surface area contributed by atoms with Gasteiger partial charge in [-0.25, -0.2) is 4.98 Å². The summed E-state index contributed by atoms with van der Waals surface area (Å²) in [6.45, 7) is 6.85. The molecule has 1 saturated heterocycles. The van der Waals surface area contributed by atoms with Crippen molar-refractivity contribution in [3.05, 3.63) is 11.1 Å². The molecule has 0 radical (unpaired) electrons. The zero-order valence-electron chi connectivity index (χ0n) is 11.2. The van der Waals surface area contributed by atoms with Crippen molar-refractivity contribution in [3.8, 4) is 0 Å². The van der Waals surface area contributed by atoms with Crippen molar-refractivity contribution in [3.63, 3.8) is 0 Å². The number of anilines is 1. The number of nitrogens with zero attached hydrogens (tertiary/aromatic N) is 3. The van der Waals surface area contributed by atoms with Crippen LogP contribution >= 0.6 is 11.3 Å². The summed E-state index contributed by atoms with van der Waals surface area (Å²) in [4.78, 5) is 9.83. The van der Waals surface area contributed by atoms with Crippen molar-refractivity contribution in [2.75, 3.05) is 38.1 Å². The second kappa shape index (κ2) is 5.15. The topological polar surface area (TPSA) is 31.4 Å². The van der Waals surface area contributed by atoms with Crippen molar-refractivity contribution in [1.29, 1.82) is 0 Å². The molecule has 3 rings (SSSR count). The van der Waals surface area contributed by atoms with Crippen molar-refractivity contribution in [2.45, 2.75) is 31.8 Å². The van der Waals surface area contributed by atoms with Gasteiger partial charge in [0.25, 0.3) is 0 Å². The molecule has 2 aliphatic rings. The van der Waals surface area contributed by atoms with Crippen LogP contribution in [0.15, 0.2) is 5.38 Å². The summed E-state index contributed by atoms with van der Waals surface area (Å²) >= 11 is 1.78. The first-order valence-electron chi connectivity index (χ1n) is 6.89. The lowest BCUT2D eigenvalue weighted by molar-refractivity contribution is 0.248. The van der Waals surface area contributed by atoms with E-state index >= 15 is 0 Å². The molecule has 1 atom stereocenters. The van der Waals surface area contributed by atoms with E-state index in [4.69, 9.17) is 4.98 Å². The van der Waals surface area contributed by atoms with Crippen LogP contribution < -0.4 is 10.2 Å². The highest BCUT2D eigenvalue weighted by Gasteiger charge is 2.31. The first kappa shape index (κ1) is 12.4. The number of thiazole rings is 1. The van der Waals surface area contributed by atoms with E-state index in [1.165, 1.54) is 36.8 Å². The van der Waals surface area contributed by atoms with Crippen LogP contribution in [-0.2, 0) is 0 Å². The van der Waals surface area contributed by atoms with Crippen LogP contribution in [0.25, 0.3) is 0 Å². The van der Waals surface area contributed by atoms with E-state index < -0.39 is 0 Å². The van der Waals surface area contributed by atoms with Gasteiger partial charge >= 0.3 is 0 Å². The molecule has 0 spiro atoms. The Morgan fingerprint density at radius 3 is 2.67 bits per heavy atom. The molecule has 1 N–H and O–H groups in total. The van der Waals surface area contributed by atoms with E-state index in [1.54, 1.807) is 11.3 Å². The first-order chi connectivity index (χ1) is 8.78. The van der Waals surface area contributed by atoms with Gasteiger partial charge in [0, 0.05) is 43.6 Å². The predicted molar refractivity (Wildman–Crippen MR) is 76.4 cm³/mol. The van der Waals surface area contributed by atoms with Gasteiger partial charge in [0.2, 0.25) is 0 Å². The molecular weight excluding hydrogens is 244 g/mol. The summed E-state index contributed by atoms with van der Waals surface area (Å²) in [7, 11) is 1.98. The van der Waals surface area contributed by atoms with E-state index in [1.807, 2.05) is 7.05 Å². The predicted octanol–water partition coefficient (Wildman–Crippen LogP) is 1.71. The van der Waals surface area contributed by atoms with Crippen LogP contribution in [0, 0.1) is 0 Å². The highest BCUT2D eigenvalue weighted by atomic mass is 32.1. The van der Waals surface area contributed by atoms with Gasteiger partial charge in [0.15, 0.2) is 5.13 Å². The zero-order valence-corrected chi connectivity index (χ0v) is 12.0. The third-order valence-corrected chi connectivity index (χ3v) is 4.95. The monoisotopic (exact) mass is 266 g/mol. The van der Waals surface area contributed by atoms with Gasteiger partial charge in [-0.3, -0.25) is 4.90 Å². The third-order valence-electron chi connectivity index (χ3n) is 4.03. The first-order valence-corrected chi connectivity index (χ1v) is 7.77. The maximum absolute atomic E-state index is 4.75. The quantitative estimate of drug-likeness (QED) is 0.899. The van der Waals surface area contributed by atoms with Crippen molar-refractivity contribution in [1.82, 2.24) is 15.2 Å². The van der Waals surface area contributed by atoms with Gasteiger partial charge in [0.1, 0.15) is 0 Å². The van der Waals surface area contributed by atoms with E-state index in [-0.39, 0.29) is 0 Å². The van der Waals surface area contributed by atoms with E-state index in [9.17, 15) is 0 Å². The maximum Gasteiger partial charge on any atom is 0.185 e. The Morgan fingerprint density at radius 2 is 2.06 bits per heavy atom. The van der Waals surface area contributed by atoms with Crippen molar-refractivity contribution >= 4 is 16.5 Å². The molecule has 100 valence electrons. The largest absolute Gasteiger partial charge is 0.346 e. The Labute approximate surface area is 113 Å². The lowest BCUT2D eigenvalue weighted by atomic mass is 10.3. The molecule has 0 amide bonds. The Morgan fingerprint density at radius 1 is 1.33 bits per heavy atom. The summed E-state index contributed by atoms with van der Waals surface area (Å²) in [6, 6.07) is 1.26. The van der Waals surface area contributed by atoms with Crippen LogP contribution in [-0.4, -0.2) is 49.2 Å². The van der Waals surface area contributed by atoms with Crippen molar-refractivity contribution in [2.24, 2.45) is 0 Å². The van der Waals surface area contributed by atoms with Gasteiger partial charge in [-0.1, -0.05) is 0 Å². The summed E-state index contributed by atoms with van der Waals surface area (Å²) < 4.78 is 0. The van der Waals surface area contributed by atoms with Gasteiger partial charge < -0.3 is 10.2 Å². The number of rotatable bonds is 4. The second-order valence-corrected chi connectivity index (χ2v) is 6.16. The lowest BCUT2D eigenvalue weighted by Crippen LogP contribution is -2.47. The van der Waals surface area contributed by atoms with Crippen LogP contribution in [0.1, 0.15) is 31.5 Å². The number of hydrogen-bond donors (Lipinski definition) is 1. The Kier molecular flexibility index (Phi) is 3.54. The molecule has 0 aromatic carbocycles. The second-order valence-electron chi connectivity index (χ2n) is 5.32. The lowest BCUT2D eigenvalue weighted by Gasteiger charge is -2.34. The normalized spacial score (nSPS) is 23.3. The third kappa shape index (κ3) is 2.53. The number of nitrogens with one attached hydrogen (secondary N) is 1. The van der Waals surface area contributed by atoms with E-state index in [0.717, 1.165) is 19.1 Å². The SMILES string of the molecule is CNC(C)c1csc(N2CCN(C3CC3)CC2)n1. The summed E-state index contributed by atoms with van der Waals surface area (Å²) in [6.07, 6.45) is 2.84. The smallest absolute Gasteiger partial charge is 0.185 e. The maximum atomic E-state index is 4.75. The molecule has 0 bridgehead atoms. The molecule has 1 aliphatic heterocycles. The molecule has 5 heteroatoms. The molecule has 1 aliphatic carbocycles. The Bertz CT molecular complexity index is 393. The highest BCUT2D eigenvalue weighted by molar-refractivity contribution is 7.13. The standard InChI is InChI=1S/C13H22N4S/c1-10(14-2)12-9-18-13(15-12)17-7-5-16(6-8-17)11-3-4-11/h9-11,14H,3-8H2,1-2H3. The fourth-order valence-electron chi connectivity index (χ4n) is 2.49. The van der Waals surface area contributed by atoms with Crippen LogP contribution in [0.2, 0.25) is 0 Å². The zero-order chi connectivity index (χ0) is 12.5. The van der Waals surface area contributed by atoms with Gasteiger partial charge in [0.05, 0.1) is 5.69 Å². The molecule has 1 aromatic rings. The minimum atomic E-state index is 0.350. The average Bonchev–Trinajstić information content (AvgIpc) is 3.15. The highest BCUT2D eigenvalue weighted by Crippen LogP contribution is 2.29. The Hall–Kier alpha value is -0.650. The number of aromatic nitrogens is 1. The van der Waals surface area contributed by atoms with Crippen LogP contribution in [0.5, 0.6) is 0 Å². The fraction of sp³-hybridized carbons (Fsp3) is 0.769. The number of hydrogen-bond acceptors (Lipinski definition) is 5. The van der Waals surface area contributed by atoms with Crippen LogP contribution in [0.3, 0.4) is 0 Å². The molecule has 2 fully saturated rings. The van der Waals surface area contributed by atoms with Crippen molar-refractivity contribution < 1.29 is 0 Å². The average molecular weight is 266 g/mol. The molecule has 18 heavy (non-hydrogen) atoms. The van der Waals surface area contributed by atoms with Crippen LogP contribution in [0.4, 0.5) is 5.13 Å². The van der Waals surface area contributed by atoms with E-state index in [2.05, 4.69) is 27.4 Å². The van der Waals surface area contributed by atoms with E-state index in [0.29, 0.717) is 6.04 Å². The summed E-state index contributed by atoms with van der Waals surface area (Å²) in [5, 5.41) is 6.63. The molecule has 1 unspecified atom stereocenters. The fourth-order valence-corrected chi connectivity index (χ4v) is 3.46. The minimum absolute atomic E-state index is 0.350. The molecule has 4 nitrogen and oxygen atoms in total. The minimum Gasteiger partial charge on any atom is -0.346 e. The summed E-state index contributed by atoms with van der Waals surface area (Å²) in [5.41, 5.74) is 1.17. The number of piperazine rings is 1. The summed E-state index contributed by atoms with van der Waals surface area (Å²) in [5.74, 6) is 0. The molecular formula is C13H22N4S. The van der Waals surface area contributed by atoms with Gasteiger partial charge in [-0.05, 0) is 26.8 Å². The van der Waals surface area contributed by atoms with Gasteiger partial charge in [-0.2, -0.15) is 0 Å². The Balaban J connectivity index is 1.59.